The second kappa shape index (κ2) is 4.90. The number of fused-ring (bicyclic) bond motifs is 1. The van der Waals surface area contributed by atoms with Crippen molar-refractivity contribution in [2.24, 2.45) is 0 Å². The van der Waals surface area contributed by atoms with Crippen LogP contribution in [0.1, 0.15) is 17.0 Å². The quantitative estimate of drug-likeness (QED) is 0.894. The third kappa shape index (κ3) is 2.35. The third-order valence-electron chi connectivity index (χ3n) is 3.10. The largest absolute Gasteiger partial charge is 0.493 e. The maximum atomic E-state index is 5.66. The lowest BCUT2D eigenvalue weighted by Crippen LogP contribution is -2.21. The molecule has 0 bridgehead atoms. The van der Waals surface area contributed by atoms with Gasteiger partial charge in [-0.1, -0.05) is 18.2 Å². The van der Waals surface area contributed by atoms with Crippen LogP contribution in [0.2, 0.25) is 0 Å². The number of ether oxygens (including phenoxy) is 1. The van der Waals surface area contributed by atoms with Crippen LogP contribution in [0.3, 0.4) is 0 Å². The lowest BCUT2D eigenvalue weighted by Gasteiger charge is -2.09. The monoisotopic (exact) mass is 245 g/mol. The van der Waals surface area contributed by atoms with Gasteiger partial charge in [-0.2, -0.15) is 11.3 Å². The minimum Gasteiger partial charge on any atom is -0.493 e. The standard InChI is InChI=1S/C14H15NOS/c1-2-4-14-13(3-1)12(9-16-14)8-15-7-11-5-6-17-10-11/h1-6,10,12,15H,7-9H2. The van der Waals surface area contributed by atoms with E-state index in [1.165, 1.54) is 11.1 Å². The molecular weight excluding hydrogens is 230 g/mol. The van der Waals surface area contributed by atoms with Gasteiger partial charge in [-0.25, -0.2) is 0 Å². The third-order valence-corrected chi connectivity index (χ3v) is 3.83. The summed E-state index contributed by atoms with van der Waals surface area (Å²) in [5, 5.41) is 7.80. The van der Waals surface area contributed by atoms with E-state index in [0.29, 0.717) is 5.92 Å². The first kappa shape index (κ1) is 10.8. The maximum Gasteiger partial charge on any atom is 0.122 e. The second-order valence-electron chi connectivity index (χ2n) is 4.31. The summed E-state index contributed by atoms with van der Waals surface area (Å²) in [6, 6.07) is 10.5. The highest BCUT2D eigenvalue weighted by atomic mass is 32.1. The van der Waals surface area contributed by atoms with E-state index >= 15 is 0 Å². The average molecular weight is 245 g/mol. The van der Waals surface area contributed by atoms with Crippen molar-refractivity contribution >= 4 is 11.3 Å². The number of nitrogens with one attached hydrogen (secondary N) is 1. The van der Waals surface area contributed by atoms with E-state index in [2.05, 4.69) is 34.3 Å². The van der Waals surface area contributed by atoms with Crippen LogP contribution < -0.4 is 10.1 Å². The summed E-state index contributed by atoms with van der Waals surface area (Å²) in [6.45, 7) is 2.73. The Bertz CT molecular complexity index is 481. The van der Waals surface area contributed by atoms with Crippen LogP contribution in [0, 0.1) is 0 Å². The molecule has 0 fully saturated rings. The molecule has 3 heteroatoms. The second-order valence-corrected chi connectivity index (χ2v) is 5.09. The van der Waals surface area contributed by atoms with Crippen LogP contribution in [-0.4, -0.2) is 13.2 Å². The first-order valence-corrected chi connectivity index (χ1v) is 6.81. The van der Waals surface area contributed by atoms with Crippen molar-refractivity contribution in [3.63, 3.8) is 0 Å². The molecule has 1 aromatic heterocycles. The molecule has 17 heavy (non-hydrogen) atoms. The zero-order valence-corrected chi connectivity index (χ0v) is 10.4. The van der Waals surface area contributed by atoms with Gasteiger partial charge in [0, 0.05) is 24.6 Å². The number of hydrogen-bond donors (Lipinski definition) is 1. The molecule has 0 amide bonds. The summed E-state index contributed by atoms with van der Waals surface area (Å²) in [4.78, 5) is 0. The average Bonchev–Trinajstić information content (AvgIpc) is 2.99. The van der Waals surface area contributed by atoms with E-state index < -0.39 is 0 Å². The molecular formula is C14H15NOS. The number of thiophene rings is 1. The van der Waals surface area contributed by atoms with Crippen LogP contribution in [0.5, 0.6) is 5.75 Å². The number of hydrogen-bond acceptors (Lipinski definition) is 3. The Morgan fingerprint density at radius 3 is 3.12 bits per heavy atom. The molecule has 1 aromatic carbocycles. The predicted octanol–water partition coefficient (Wildman–Crippen LogP) is 3.01. The van der Waals surface area contributed by atoms with E-state index in [-0.39, 0.29) is 0 Å². The van der Waals surface area contributed by atoms with Crippen molar-refractivity contribution in [1.82, 2.24) is 5.32 Å². The smallest absolute Gasteiger partial charge is 0.122 e. The number of para-hydroxylation sites is 1. The minimum atomic E-state index is 0.491. The summed E-state index contributed by atoms with van der Waals surface area (Å²) in [5.74, 6) is 1.54. The van der Waals surface area contributed by atoms with Gasteiger partial charge in [0.25, 0.3) is 0 Å². The van der Waals surface area contributed by atoms with Crippen LogP contribution in [0.4, 0.5) is 0 Å². The Labute approximate surface area is 105 Å². The molecule has 1 atom stereocenters. The molecule has 1 N–H and O–H groups in total. The fourth-order valence-electron chi connectivity index (χ4n) is 2.18. The molecule has 0 aliphatic carbocycles. The van der Waals surface area contributed by atoms with Crippen LogP contribution >= 0.6 is 11.3 Å². The number of benzene rings is 1. The predicted molar refractivity (Wildman–Crippen MR) is 70.7 cm³/mol. The van der Waals surface area contributed by atoms with E-state index in [1.807, 2.05) is 12.1 Å². The van der Waals surface area contributed by atoms with Crippen LogP contribution in [0.25, 0.3) is 0 Å². The summed E-state index contributed by atoms with van der Waals surface area (Å²) >= 11 is 1.75. The Hall–Kier alpha value is -1.32. The first-order valence-electron chi connectivity index (χ1n) is 5.87. The van der Waals surface area contributed by atoms with Gasteiger partial charge in [0.15, 0.2) is 0 Å². The lowest BCUT2D eigenvalue weighted by atomic mass is 10.0. The Kier molecular flexibility index (Phi) is 3.12. The molecule has 0 radical (unpaired) electrons. The zero-order valence-electron chi connectivity index (χ0n) is 9.56. The fourth-order valence-corrected chi connectivity index (χ4v) is 2.85. The van der Waals surface area contributed by atoms with Crippen molar-refractivity contribution < 1.29 is 4.74 Å². The van der Waals surface area contributed by atoms with Gasteiger partial charge in [0.05, 0.1) is 6.61 Å². The topological polar surface area (TPSA) is 21.3 Å². The van der Waals surface area contributed by atoms with Crippen LogP contribution in [0.15, 0.2) is 41.1 Å². The van der Waals surface area contributed by atoms with Gasteiger partial charge in [0.2, 0.25) is 0 Å². The van der Waals surface area contributed by atoms with Crippen molar-refractivity contribution in [3.8, 4) is 5.75 Å². The molecule has 2 heterocycles. The Balaban J connectivity index is 1.57. The van der Waals surface area contributed by atoms with Crippen molar-refractivity contribution in [2.45, 2.75) is 12.5 Å². The summed E-state index contributed by atoms with van der Waals surface area (Å²) < 4.78 is 5.66. The normalized spacial score (nSPS) is 17.8. The molecule has 1 aliphatic heterocycles. The van der Waals surface area contributed by atoms with Crippen molar-refractivity contribution in [3.05, 3.63) is 52.2 Å². The zero-order chi connectivity index (χ0) is 11.5. The Morgan fingerprint density at radius 1 is 1.29 bits per heavy atom. The highest BCUT2D eigenvalue weighted by Gasteiger charge is 2.22. The van der Waals surface area contributed by atoms with Gasteiger partial charge in [0.1, 0.15) is 5.75 Å². The molecule has 2 aromatic rings. The van der Waals surface area contributed by atoms with E-state index in [9.17, 15) is 0 Å². The summed E-state index contributed by atoms with van der Waals surface area (Å²) in [5.41, 5.74) is 2.70. The molecule has 2 nitrogen and oxygen atoms in total. The van der Waals surface area contributed by atoms with Gasteiger partial charge < -0.3 is 10.1 Å². The Morgan fingerprint density at radius 2 is 2.24 bits per heavy atom. The molecule has 3 rings (SSSR count). The van der Waals surface area contributed by atoms with Gasteiger partial charge in [-0.3, -0.25) is 0 Å². The molecule has 1 unspecified atom stereocenters. The lowest BCUT2D eigenvalue weighted by molar-refractivity contribution is 0.326. The van der Waals surface area contributed by atoms with Gasteiger partial charge in [-0.05, 0) is 28.5 Å². The molecule has 88 valence electrons. The van der Waals surface area contributed by atoms with E-state index in [1.54, 1.807) is 11.3 Å². The molecule has 1 aliphatic rings. The first-order chi connectivity index (χ1) is 8.43. The fraction of sp³-hybridized carbons (Fsp3) is 0.286. The number of rotatable bonds is 4. The van der Waals surface area contributed by atoms with Crippen molar-refractivity contribution in [1.29, 1.82) is 0 Å². The van der Waals surface area contributed by atoms with Crippen LogP contribution in [-0.2, 0) is 6.54 Å². The maximum absolute atomic E-state index is 5.66. The van der Waals surface area contributed by atoms with Crippen molar-refractivity contribution in [2.75, 3.05) is 13.2 Å². The summed E-state index contributed by atoms with van der Waals surface area (Å²) in [6.07, 6.45) is 0. The van der Waals surface area contributed by atoms with E-state index in [4.69, 9.17) is 4.74 Å². The van der Waals surface area contributed by atoms with Gasteiger partial charge in [-0.15, -0.1) is 0 Å². The molecule has 0 spiro atoms. The molecule has 0 saturated carbocycles. The highest BCUT2D eigenvalue weighted by Crippen LogP contribution is 2.32. The molecule has 0 saturated heterocycles. The SMILES string of the molecule is c1ccc2c(c1)OCC2CNCc1ccsc1. The highest BCUT2D eigenvalue weighted by molar-refractivity contribution is 7.07. The summed E-state index contributed by atoms with van der Waals surface area (Å²) in [7, 11) is 0. The van der Waals surface area contributed by atoms with Gasteiger partial charge >= 0.3 is 0 Å². The minimum absolute atomic E-state index is 0.491. The van der Waals surface area contributed by atoms with E-state index in [0.717, 1.165) is 25.4 Å².